The average molecular weight is 548 g/mol. The molecule has 5 aromatic carbocycles. The van der Waals surface area contributed by atoms with Gasteiger partial charge in [0.1, 0.15) is 0 Å². The van der Waals surface area contributed by atoms with E-state index in [1.54, 1.807) is 11.3 Å². The van der Waals surface area contributed by atoms with Crippen molar-refractivity contribution in [2.24, 2.45) is 5.10 Å². The lowest BCUT2D eigenvalue weighted by Gasteiger charge is -2.42. The Kier molecular flexibility index (Phi) is 6.62. The Morgan fingerprint density at radius 1 is 0.634 bits per heavy atom. The molecule has 0 saturated heterocycles. The smallest absolute Gasteiger partial charge is 0.207 e. The molecule has 41 heavy (non-hydrogen) atoms. The number of thiazole rings is 1. The molecule has 0 spiro atoms. The van der Waals surface area contributed by atoms with Gasteiger partial charge in [0.15, 0.2) is 12.0 Å². The molecule has 0 radical (unpaired) electrons. The predicted molar refractivity (Wildman–Crippen MR) is 169 cm³/mol. The summed E-state index contributed by atoms with van der Waals surface area (Å²) in [6, 6.07) is 47.1. The Hall–Kier alpha value is -5.38. The summed E-state index contributed by atoms with van der Waals surface area (Å²) in [6.07, 6.45) is -0.287. The van der Waals surface area contributed by atoms with Crippen LogP contribution in [-0.2, 0) is 0 Å². The van der Waals surface area contributed by atoms with Crippen molar-refractivity contribution in [3.63, 3.8) is 0 Å². The van der Waals surface area contributed by atoms with Crippen molar-refractivity contribution in [1.82, 2.24) is 10.4 Å². The summed E-state index contributed by atoms with van der Waals surface area (Å²) in [4.78, 5) is 5.02. The second kappa shape index (κ2) is 11.0. The fraction of sp³-hybridized carbons (Fsp3) is 0.0286. The zero-order chi connectivity index (χ0) is 27.4. The molecule has 5 nitrogen and oxygen atoms in total. The monoisotopic (exact) mass is 547 g/mol. The van der Waals surface area contributed by atoms with Crippen LogP contribution in [0.5, 0.6) is 0 Å². The number of fused-ring (bicyclic) bond motifs is 1. The summed E-state index contributed by atoms with van der Waals surface area (Å²) < 4.78 is 1.13. The van der Waals surface area contributed by atoms with Crippen molar-refractivity contribution in [3.8, 4) is 11.8 Å². The third kappa shape index (κ3) is 5.14. The van der Waals surface area contributed by atoms with E-state index in [9.17, 15) is 0 Å². The van der Waals surface area contributed by atoms with Crippen molar-refractivity contribution >= 4 is 38.2 Å². The van der Waals surface area contributed by atoms with Crippen molar-refractivity contribution < 1.29 is 0 Å². The van der Waals surface area contributed by atoms with Crippen LogP contribution in [0.2, 0.25) is 0 Å². The first-order valence-corrected chi connectivity index (χ1v) is 14.2. The summed E-state index contributed by atoms with van der Waals surface area (Å²) in [5, 5.41) is 10.2. The van der Waals surface area contributed by atoms with Gasteiger partial charge in [-0.15, -0.1) is 0 Å². The van der Waals surface area contributed by atoms with Gasteiger partial charge in [-0.3, -0.25) is 5.43 Å². The molecule has 7 rings (SSSR count). The number of nitrogens with one attached hydrogen (secondary N) is 1. The fourth-order valence-electron chi connectivity index (χ4n) is 4.78. The maximum absolute atomic E-state index is 5.17. The number of hydrogen-bond donors (Lipinski definition) is 1. The fourth-order valence-corrected chi connectivity index (χ4v) is 5.73. The molecule has 0 aliphatic carbocycles. The number of amidine groups is 1. The molecule has 1 unspecified atom stereocenters. The number of para-hydroxylation sites is 1. The van der Waals surface area contributed by atoms with Crippen LogP contribution in [0.4, 0.5) is 10.8 Å². The number of aromatic nitrogens is 1. The van der Waals surface area contributed by atoms with Crippen LogP contribution in [0.3, 0.4) is 0 Å². The second-order valence-corrected chi connectivity index (χ2v) is 10.6. The molecule has 0 amide bonds. The molecule has 0 bridgehead atoms. The molecular weight excluding hydrogens is 522 g/mol. The predicted octanol–water partition coefficient (Wildman–Crippen LogP) is 7.59. The van der Waals surface area contributed by atoms with Crippen LogP contribution in [-0.4, -0.2) is 10.8 Å². The third-order valence-corrected chi connectivity index (χ3v) is 7.84. The third-order valence-electron chi connectivity index (χ3n) is 6.80. The van der Waals surface area contributed by atoms with Crippen LogP contribution in [0.1, 0.15) is 28.4 Å². The highest BCUT2D eigenvalue weighted by Crippen LogP contribution is 2.38. The minimum atomic E-state index is -0.287. The first kappa shape index (κ1) is 24.6. The summed E-state index contributed by atoms with van der Waals surface area (Å²) >= 11 is 1.66. The molecular formula is C35H25N5S. The topological polar surface area (TPSA) is 43.8 Å². The molecule has 0 fully saturated rings. The van der Waals surface area contributed by atoms with Crippen molar-refractivity contribution in [3.05, 3.63) is 162 Å². The van der Waals surface area contributed by atoms with E-state index < -0.39 is 0 Å². The van der Waals surface area contributed by atoms with E-state index in [1.807, 2.05) is 66.7 Å². The molecule has 6 heteroatoms. The molecule has 1 N–H and O–H groups in total. The normalized spacial score (nSPS) is 14.6. The minimum Gasteiger partial charge on any atom is -0.275 e. The lowest BCUT2D eigenvalue weighted by Crippen LogP contribution is -2.55. The number of hydrogen-bond acceptors (Lipinski definition) is 6. The van der Waals surface area contributed by atoms with Gasteiger partial charge in [-0.25, -0.2) is 15.0 Å². The van der Waals surface area contributed by atoms with E-state index >= 15 is 0 Å². The number of anilines is 2. The Labute approximate surface area is 243 Å². The maximum atomic E-state index is 5.17. The lowest BCUT2D eigenvalue weighted by molar-refractivity contribution is 0.537. The van der Waals surface area contributed by atoms with Gasteiger partial charge in [0.25, 0.3) is 0 Å². The molecule has 2 heterocycles. The van der Waals surface area contributed by atoms with Gasteiger partial charge in [-0.2, -0.15) is 5.10 Å². The van der Waals surface area contributed by atoms with Crippen molar-refractivity contribution in [1.29, 1.82) is 0 Å². The van der Waals surface area contributed by atoms with Gasteiger partial charge in [0.2, 0.25) is 5.13 Å². The van der Waals surface area contributed by atoms with Gasteiger partial charge in [-0.1, -0.05) is 114 Å². The SMILES string of the molecule is C(#Cc1ccc(N2N=C(c3ccccc3)NN(c3nc4ccccc4s3)C2c2ccccc2)cc1)c1ccccc1. The van der Waals surface area contributed by atoms with Gasteiger partial charge < -0.3 is 0 Å². The summed E-state index contributed by atoms with van der Waals surface area (Å²) in [7, 11) is 0. The Balaban J connectivity index is 1.34. The highest BCUT2D eigenvalue weighted by atomic mass is 32.1. The molecule has 196 valence electrons. The van der Waals surface area contributed by atoms with Gasteiger partial charge in [0.05, 0.1) is 15.9 Å². The number of nitrogens with zero attached hydrogens (tertiary/aromatic N) is 4. The highest BCUT2D eigenvalue weighted by molar-refractivity contribution is 7.22. The van der Waals surface area contributed by atoms with Crippen molar-refractivity contribution in [2.75, 3.05) is 10.0 Å². The molecule has 1 aliphatic heterocycles. The number of hydrazine groups is 1. The van der Waals surface area contributed by atoms with Gasteiger partial charge in [0, 0.05) is 16.7 Å². The molecule has 1 atom stereocenters. The maximum Gasteiger partial charge on any atom is 0.207 e. The minimum absolute atomic E-state index is 0.287. The summed E-state index contributed by atoms with van der Waals surface area (Å²) in [6.45, 7) is 0. The zero-order valence-electron chi connectivity index (χ0n) is 22.1. The quantitative estimate of drug-likeness (QED) is 0.231. The standard InChI is InChI=1S/C35H25N5S/c1-4-12-26(13-5-1)20-21-27-22-24-30(25-23-27)39-34(29-16-8-3-9-17-29)40(35-36-31-18-10-11-19-32(31)41-35)38-33(37-39)28-14-6-2-7-15-28/h1-19,22-25,34H,(H,37,38). The molecule has 6 aromatic rings. The Morgan fingerprint density at radius 2 is 1.24 bits per heavy atom. The lowest BCUT2D eigenvalue weighted by atomic mass is 10.1. The van der Waals surface area contributed by atoms with Gasteiger partial charge >= 0.3 is 0 Å². The van der Waals surface area contributed by atoms with Crippen LogP contribution in [0, 0.1) is 11.8 Å². The zero-order valence-corrected chi connectivity index (χ0v) is 22.9. The highest BCUT2D eigenvalue weighted by Gasteiger charge is 2.35. The van der Waals surface area contributed by atoms with E-state index in [2.05, 4.69) is 100 Å². The first-order chi connectivity index (χ1) is 20.3. The first-order valence-electron chi connectivity index (χ1n) is 13.4. The Morgan fingerprint density at radius 3 is 1.95 bits per heavy atom. The molecule has 0 saturated carbocycles. The van der Waals surface area contributed by atoms with E-state index in [-0.39, 0.29) is 6.17 Å². The number of benzene rings is 5. The van der Waals surface area contributed by atoms with Crippen LogP contribution < -0.4 is 15.4 Å². The average Bonchev–Trinajstić information content (AvgIpc) is 3.49. The second-order valence-electron chi connectivity index (χ2n) is 9.55. The summed E-state index contributed by atoms with van der Waals surface area (Å²) in [5.74, 6) is 7.27. The van der Waals surface area contributed by atoms with E-state index in [0.717, 1.165) is 49.1 Å². The molecule has 1 aromatic heterocycles. The number of hydrazone groups is 1. The van der Waals surface area contributed by atoms with Crippen LogP contribution >= 0.6 is 11.3 Å². The molecule has 1 aliphatic rings. The van der Waals surface area contributed by atoms with Crippen LogP contribution in [0.15, 0.2) is 145 Å². The largest absolute Gasteiger partial charge is 0.275 e. The summed E-state index contributed by atoms with van der Waals surface area (Å²) in [5.41, 5.74) is 9.54. The van der Waals surface area contributed by atoms with Crippen molar-refractivity contribution in [2.45, 2.75) is 6.17 Å². The van der Waals surface area contributed by atoms with E-state index in [0.29, 0.717) is 0 Å². The van der Waals surface area contributed by atoms with Gasteiger partial charge in [-0.05, 0) is 54.1 Å². The van der Waals surface area contributed by atoms with E-state index in [4.69, 9.17) is 10.1 Å². The number of rotatable bonds is 4. The Bertz CT molecular complexity index is 1840. The van der Waals surface area contributed by atoms with E-state index in [1.165, 1.54) is 0 Å². The van der Waals surface area contributed by atoms with Crippen LogP contribution in [0.25, 0.3) is 10.2 Å².